The Kier molecular flexibility index (Phi) is 5.83. The molecule has 0 radical (unpaired) electrons. The van der Waals surface area contributed by atoms with Gasteiger partial charge in [0, 0.05) is 80.2 Å². The summed E-state index contributed by atoms with van der Waals surface area (Å²) in [5.74, 6) is 0.890. The van der Waals surface area contributed by atoms with Crippen molar-refractivity contribution in [1.82, 2.24) is 19.4 Å². The lowest BCUT2D eigenvalue weighted by atomic mass is 9.98. The Morgan fingerprint density at radius 3 is 2.69 bits per heavy atom. The number of carbonyl (C=O) groups excluding carboxylic acids is 1. The molecule has 1 saturated heterocycles. The third-order valence-electron chi connectivity index (χ3n) is 7.12. The fraction of sp³-hybridized carbons (Fsp3) is 0.407. The van der Waals surface area contributed by atoms with Crippen LogP contribution in [-0.2, 0) is 26.1 Å². The van der Waals surface area contributed by atoms with Gasteiger partial charge in [0.1, 0.15) is 0 Å². The monoisotopic (exact) mass is 428 g/mol. The van der Waals surface area contributed by atoms with Crippen LogP contribution in [0.1, 0.15) is 46.9 Å². The smallest absolute Gasteiger partial charge is 0.253 e. The number of pyridine rings is 1. The highest BCUT2D eigenvalue weighted by molar-refractivity contribution is 5.99. The molecule has 4 heterocycles. The molecule has 0 spiro atoms. The van der Waals surface area contributed by atoms with Gasteiger partial charge in [-0.1, -0.05) is 13.0 Å². The molecule has 0 N–H and O–H groups in total. The lowest BCUT2D eigenvalue weighted by Gasteiger charge is -2.30. The molecule has 1 fully saturated rings. The molecule has 1 aromatic carbocycles. The zero-order valence-corrected chi connectivity index (χ0v) is 19.0. The molecule has 5 heteroatoms. The van der Waals surface area contributed by atoms with E-state index in [0.29, 0.717) is 5.92 Å². The molecular weight excluding hydrogens is 396 g/mol. The van der Waals surface area contributed by atoms with E-state index in [2.05, 4.69) is 52.2 Å². The van der Waals surface area contributed by atoms with Crippen molar-refractivity contribution in [3.63, 3.8) is 0 Å². The maximum atomic E-state index is 13.2. The number of allylic oxidation sites excluding steroid dienone is 1. The minimum Gasteiger partial charge on any atom is -0.340 e. The maximum Gasteiger partial charge on any atom is 0.253 e. The first-order valence-electron chi connectivity index (χ1n) is 11.8. The predicted octanol–water partition coefficient (Wildman–Crippen LogP) is 4.65. The van der Waals surface area contributed by atoms with Crippen molar-refractivity contribution < 1.29 is 4.79 Å². The van der Waals surface area contributed by atoms with Gasteiger partial charge in [0.25, 0.3) is 5.91 Å². The van der Waals surface area contributed by atoms with Crippen molar-refractivity contribution >= 4 is 16.8 Å². The highest BCUT2D eigenvalue weighted by Gasteiger charge is 2.26. The SMILES string of the molecule is C=CCn1c2c(c3cc(C(=O)N4CCC(C)CC4)ccc31)CN(Cc1ccncc1)CC2. The predicted molar refractivity (Wildman–Crippen MR) is 128 cm³/mol. The summed E-state index contributed by atoms with van der Waals surface area (Å²) in [5, 5.41) is 1.22. The van der Waals surface area contributed by atoms with Crippen LogP contribution < -0.4 is 0 Å². The molecule has 2 aliphatic heterocycles. The van der Waals surface area contributed by atoms with E-state index in [1.165, 1.54) is 27.7 Å². The van der Waals surface area contributed by atoms with Crippen molar-refractivity contribution in [2.45, 2.75) is 45.8 Å². The second kappa shape index (κ2) is 8.91. The number of rotatable bonds is 5. The summed E-state index contributed by atoms with van der Waals surface area (Å²) in [7, 11) is 0. The fourth-order valence-electron chi connectivity index (χ4n) is 5.25. The molecule has 0 saturated carbocycles. The number of piperidine rings is 1. The van der Waals surface area contributed by atoms with Crippen LogP contribution in [0.4, 0.5) is 0 Å². The number of aromatic nitrogens is 2. The molecule has 5 rings (SSSR count). The van der Waals surface area contributed by atoms with Gasteiger partial charge >= 0.3 is 0 Å². The summed E-state index contributed by atoms with van der Waals surface area (Å²) >= 11 is 0. The van der Waals surface area contributed by atoms with E-state index in [4.69, 9.17) is 0 Å². The average Bonchev–Trinajstić information content (AvgIpc) is 3.12. The number of hydrogen-bond acceptors (Lipinski definition) is 3. The Labute approximate surface area is 190 Å². The summed E-state index contributed by atoms with van der Waals surface area (Å²) < 4.78 is 2.39. The highest BCUT2D eigenvalue weighted by Crippen LogP contribution is 2.33. The zero-order chi connectivity index (χ0) is 22.1. The summed E-state index contributed by atoms with van der Waals surface area (Å²) in [6.07, 6.45) is 8.90. The topological polar surface area (TPSA) is 41.4 Å². The lowest BCUT2D eigenvalue weighted by Crippen LogP contribution is -2.37. The van der Waals surface area contributed by atoms with Gasteiger partial charge in [-0.2, -0.15) is 0 Å². The summed E-state index contributed by atoms with van der Waals surface area (Å²) in [6.45, 7) is 11.6. The number of carbonyl (C=O) groups is 1. The van der Waals surface area contributed by atoms with Crippen LogP contribution in [0.2, 0.25) is 0 Å². The van der Waals surface area contributed by atoms with Gasteiger partial charge in [0.2, 0.25) is 0 Å². The fourth-order valence-corrected chi connectivity index (χ4v) is 5.25. The molecule has 0 aliphatic carbocycles. The molecule has 0 bridgehead atoms. The molecule has 0 atom stereocenters. The van der Waals surface area contributed by atoms with Crippen molar-refractivity contribution in [3.05, 3.63) is 77.8 Å². The second-order valence-electron chi connectivity index (χ2n) is 9.35. The van der Waals surface area contributed by atoms with Crippen molar-refractivity contribution in [2.75, 3.05) is 19.6 Å². The number of benzene rings is 1. The Hall–Kier alpha value is -2.92. The summed E-state index contributed by atoms with van der Waals surface area (Å²) in [4.78, 5) is 21.9. The molecule has 166 valence electrons. The van der Waals surface area contributed by atoms with E-state index in [9.17, 15) is 4.79 Å². The minimum absolute atomic E-state index is 0.175. The van der Waals surface area contributed by atoms with Crippen LogP contribution in [0.3, 0.4) is 0 Å². The molecular formula is C27H32N4O. The van der Waals surface area contributed by atoms with Gasteiger partial charge < -0.3 is 9.47 Å². The van der Waals surface area contributed by atoms with Crippen LogP contribution in [0.25, 0.3) is 10.9 Å². The molecule has 1 amide bonds. The Balaban J connectivity index is 1.47. The largest absolute Gasteiger partial charge is 0.340 e. The molecule has 2 aromatic heterocycles. The average molecular weight is 429 g/mol. The third-order valence-corrected chi connectivity index (χ3v) is 7.12. The van der Waals surface area contributed by atoms with Gasteiger partial charge in [0.15, 0.2) is 0 Å². The molecule has 3 aromatic rings. The number of likely N-dealkylation sites (tertiary alicyclic amines) is 1. The quantitative estimate of drug-likeness (QED) is 0.556. The highest BCUT2D eigenvalue weighted by atomic mass is 16.2. The first-order chi connectivity index (χ1) is 15.6. The standard InChI is InChI=1S/C27H32N4O/c1-3-13-31-25-5-4-22(27(32)30-15-8-20(2)9-16-30)17-23(25)24-19-29(14-10-26(24)31)18-21-6-11-28-12-7-21/h3-7,11-12,17,20H,1,8-10,13-16,18-19H2,2H3. The zero-order valence-electron chi connectivity index (χ0n) is 19.0. The minimum atomic E-state index is 0.175. The van der Waals surface area contributed by atoms with Crippen LogP contribution >= 0.6 is 0 Å². The van der Waals surface area contributed by atoms with Gasteiger partial charge in [-0.25, -0.2) is 0 Å². The normalized spacial score (nSPS) is 17.5. The second-order valence-corrected chi connectivity index (χ2v) is 9.35. The van der Waals surface area contributed by atoms with Crippen molar-refractivity contribution in [2.24, 2.45) is 5.92 Å². The van der Waals surface area contributed by atoms with Gasteiger partial charge in [-0.05, 0) is 60.2 Å². The number of nitrogens with zero attached hydrogens (tertiary/aromatic N) is 4. The first kappa shape index (κ1) is 21.0. The summed E-state index contributed by atoms with van der Waals surface area (Å²) in [6, 6.07) is 10.5. The number of amides is 1. The Morgan fingerprint density at radius 1 is 1.16 bits per heavy atom. The summed E-state index contributed by atoms with van der Waals surface area (Å²) in [5.41, 5.74) is 6.07. The molecule has 0 unspecified atom stereocenters. The number of fused-ring (bicyclic) bond motifs is 3. The van der Waals surface area contributed by atoms with E-state index in [-0.39, 0.29) is 5.91 Å². The Morgan fingerprint density at radius 2 is 1.94 bits per heavy atom. The van der Waals surface area contributed by atoms with Gasteiger partial charge in [-0.15, -0.1) is 6.58 Å². The van der Waals surface area contributed by atoms with E-state index in [1.54, 1.807) is 0 Å². The number of hydrogen-bond donors (Lipinski definition) is 0. The lowest BCUT2D eigenvalue weighted by molar-refractivity contribution is 0.0697. The van der Waals surface area contributed by atoms with E-state index >= 15 is 0 Å². The van der Waals surface area contributed by atoms with Crippen molar-refractivity contribution in [1.29, 1.82) is 0 Å². The molecule has 32 heavy (non-hydrogen) atoms. The van der Waals surface area contributed by atoms with Gasteiger partial charge in [-0.3, -0.25) is 14.7 Å². The van der Waals surface area contributed by atoms with Crippen LogP contribution in [0.15, 0.2) is 55.4 Å². The van der Waals surface area contributed by atoms with E-state index in [0.717, 1.165) is 64.1 Å². The Bertz CT molecular complexity index is 1130. The molecule has 5 nitrogen and oxygen atoms in total. The van der Waals surface area contributed by atoms with E-state index in [1.807, 2.05) is 29.4 Å². The van der Waals surface area contributed by atoms with Crippen LogP contribution in [0.5, 0.6) is 0 Å². The van der Waals surface area contributed by atoms with Crippen molar-refractivity contribution in [3.8, 4) is 0 Å². The molecule has 2 aliphatic rings. The van der Waals surface area contributed by atoms with Gasteiger partial charge in [0.05, 0.1) is 0 Å². The van der Waals surface area contributed by atoms with E-state index < -0.39 is 0 Å². The first-order valence-corrected chi connectivity index (χ1v) is 11.8. The van der Waals surface area contributed by atoms with Crippen LogP contribution in [0, 0.1) is 5.92 Å². The van der Waals surface area contributed by atoms with Crippen LogP contribution in [-0.4, -0.2) is 44.9 Å². The third kappa shape index (κ3) is 3.97. The maximum absolute atomic E-state index is 13.2.